The Kier molecular flexibility index (Phi) is 2.88. The monoisotopic (exact) mass is 318 g/mol. The average Bonchev–Trinajstić information content (AvgIpc) is 2.92. The summed E-state index contributed by atoms with van der Waals surface area (Å²) in [5.41, 5.74) is 0. The van der Waals surface area contributed by atoms with Crippen LogP contribution >= 0.6 is 31.9 Å². The predicted molar refractivity (Wildman–Crippen MR) is 61.0 cm³/mol. The molecule has 1 aliphatic rings. The third-order valence-electron chi connectivity index (χ3n) is 2.00. The topological polar surface area (TPSA) is 42.0 Å². The Morgan fingerprint density at radius 2 is 2.21 bits per heavy atom. The van der Waals surface area contributed by atoms with E-state index in [1.165, 1.54) is 0 Å². The normalized spacial score (nSPS) is 15.3. The van der Waals surface area contributed by atoms with Crippen molar-refractivity contribution in [2.75, 3.05) is 5.32 Å². The van der Waals surface area contributed by atoms with Crippen molar-refractivity contribution < 1.29 is 4.79 Å². The quantitative estimate of drug-likeness (QED) is 0.910. The molecule has 1 aromatic rings. The molecular weight excluding hydrogens is 312 g/mol. The number of carbonyl (C=O) groups excluding carboxylic acids is 1. The highest BCUT2D eigenvalue weighted by Gasteiger charge is 2.30. The molecule has 1 saturated carbocycles. The molecule has 0 atom stereocenters. The third-order valence-corrected chi connectivity index (χ3v) is 3.04. The molecule has 0 aromatic carbocycles. The van der Waals surface area contributed by atoms with E-state index < -0.39 is 0 Å². The number of nitrogens with zero attached hydrogens (tertiary/aromatic N) is 1. The van der Waals surface area contributed by atoms with Crippen LogP contribution in [0.4, 0.5) is 5.82 Å². The number of hydrogen-bond acceptors (Lipinski definition) is 2. The number of halogens is 2. The van der Waals surface area contributed by atoms with Crippen LogP contribution in [0.1, 0.15) is 12.8 Å². The van der Waals surface area contributed by atoms with Gasteiger partial charge in [-0.05, 0) is 50.8 Å². The van der Waals surface area contributed by atoms with Gasteiger partial charge in [0.1, 0.15) is 5.82 Å². The second-order valence-corrected chi connectivity index (χ2v) is 5.02. The highest BCUT2D eigenvalue weighted by molar-refractivity contribution is 9.11. The Morgan fingerprint density at radius 3 is 2.79 bits per heavy atom. The van der Waals surface area contributed by atoms with E-state index in [1.54, 1.807) is 6.20 Å². The summed E-state index contributed by atoms with van der Waals surface area (Å²) >= 11 is 6.64. The van der Waals surface area contributed by atoms with E-state index in [-0.39, 0.29) is 11.8 Å². The van der Waals surface area contributed by atoms with Crippen LogP contribution in [0.5, 0.6) is 0 Å². The van der Waals surface area contributed by atoms with E-state index in [1.807, 2.05) is 6.07 Å². The molecular formula is C9H8Br2N2O. The minimum atomic E-state index is 0.0699. The molecule has 1 N–H and O–H groups in total. The van der Waals surface area contributed by atoms with Gasteiger partial charge in [-0.2, -0.15) is 0 Å². The predicted octanol–water partition coefficient (Wildman–Crippen LogP) is 2.96. The van der Waals surface area contributed by atoms with Crippen LogP contribution < -0.4 is 5.32 Å². The van der Waals surface area contributed by atoms with E-state index in [9.17, 15) is 4.79 Å². The van der Waals surface area contributed by atoms with Gasteiger partial charge in [0.05, 0.1) is 4.47 Å². The molecule has 0 aliphatic heterocycles. The first-order valence-electron chi connectivity index (χ1n) is 4.29. The summed E-state index contributed by atoms with van der Waals surface area (Å²) in [6.07, 6.45) is 3.66. The van der Waals surface area contributed by atoms with E-state index in [0.717, 1.165) is 21.8 Å². The third kappa shape index (κ3) is 2.33. The maximum atomic E-state index is 11.4. The molecule has 1 aliphatic carbocycles. The molecule has 1 heterocycles. The van der Waals surface area contributed by atoms with Crippen molar-refractivity contribution in [1.82, 2.24) is 4.98 Å². The van der Waals surface area contributed by atoms with Crippen molar-refractivity contribution in [2.45, 2.75) is 12.8 Å². The lowest BCUT2D eigenvalue weighted by molar-refractivity contribution is -0.117. The van der Waals surface area contributed by atoms with E-state index in [4.69, 9.17) is 0 Å². The molecule has 0 bridgehead atoms. The number of pyridine rings is 1. The van der Waals surface area contributed by atoms with Crippen LogP contribution in [0.25, 0.3) is 0 Å². The largest absolute Gasteiger partial charge is 0.310 e. The van der Waals surface area contributed by atoms with Gasteiger partial charge in [0.25, 0.3) is 0 Å². The van der Waals surface area contributed by atoms with Gasteiger partial charge < -0.3 is 5.32 Å². The second kappa shape index (κ2) is 3.98. The lowest BCUT2D eigenvalue weighted by atomic mass is 10.4. The molecule has 0 radical (unpaired) electrons. The number of amides is 1. The molecule has 3 nitrogen and oxygen atoms in total. The van der Waals surface area contributed by atoms with Crippen molar-refractivity contribution >= 4 is 43.6 Å². The van der Waals surface area contributed by atoms with E-state index in [0.29, 0.717) is 5.82 Å². The number of hydrogen-bond donors (Lipinski definition) is 1. The number of nitrogens with one attached hydrogen (secondary N) is 1. The molecule has 1 amide bonds. The van der Waals surface area contributed by atoms with Gasteiger partial charge in [-0.3, -0.25) is 4.79 Å². The summed E-state index contributed by atoms with van der Waals surface area (Å²) in [7, 11) is 0. The van der Waals surface area contributed by atoms with Crippen LogP contribution in [-0.2, 0) is 4.79 Å². The van der Waals surface area contributed by atoms with Crippen LogP contribution in [0, 0.1) is 5.92 Å². The van der Waals surface area contributed by atoms with Crippen molar-refractivity contribution in [1.29, 1.82) is 0 Å². The first kappa shape index (κ1) is 10.1. The van der Waals surface area contributed by atoms with Gasteiger partial charge in [-0.15, -0.1) is 0 Å². The minimum Gasteiger partial charge on any atom is -0.310 e. The van der Waals surface area contributed by atoms with Gasteiger partial charge >= 0.3 is 0 Å². The molecule has 1 fully saturated rings. The fourth-order valence-corrected chi connectivity index (χ4v) is 2.16. The van der Waals surface area contributed by atoms with Crippen LogP contribution in [0.15, 0.2) is 21.2 Å². The number of rotatable bonds is 2. The molecule has 74 valence electrons. The van der Waals surface area contributed by atoms with Gasteiger partial charge in [0, 0.05) is 16.6 Å². The first-order valence-corrected chi connectivity index (χ1v) is 5.87. The first-order chi connectivity index (χ1) is 6.66. The number of anilines is 1. The maximum absolute atomic E-state index is 11.4. The van der Waals surface area contributed by atoms with Gasteiger partial charge in [0.15, 0.2) is 0 Å². The van der Waals surface area contributed by atoms with Crippen LogP contribution in [-0.4, -0.2) is 10.9 Å². The highest BCUT2D eigenvalue weighted by Crippen LogP contribution is 2.31. The van der Waals surface area contributed by atoms with E-state index in [2.05, 4.69) is 42.2 Å². The van der Waals surface area contributed by atoms with Crippen LogP contribution in [0.2, 0.25) is 0 Å². The van der Waals surface area contributed by atoms with Gasteiger partial charge in [-0.25, -0.2) is 4.98 Å². The average molecular weight is 320 g/mol. The molecule has 14 heavy (non-hydrogen) atoms. The lowest BCUT2D eigenvalue weighted by Gasteiger charge is -2.05. The highest BCUT2D eigenvalue weighted by atomic mass is 79.9. The van der Waals surface area contributed by atoms with Crippen molar-refractivity contribution in [2.24, 2.45) is 5.92 Å². The fourth-order valence-electron chi connectivity index (χ4n) is 1.07. The summed E-state index contributed by atoms with van der Waals surface area (Å²) in [5.74, 6) is 0.859. The van der Waals surface area contributed by atoms with Gasteiger partial charge in [0.2, 0.25) is 5.91 Å². The molecule has 0 spiro atoms. The zero-order valence-corrected chi connectivity index (χ0v) is 10.4. The Hall–Kier alpha value is -0.420. The van der Waals surface area contributed by atoms with Gasteiger partial charge in [-0.1, -0.05) is 0 Å². The summed E-state index contributed by atoms with van der Waals surface area (Å²) in [4.78, 5) is 15.5. The van der Waals surface area contributed by atoms with Crippen LogP contribution in [0.3, 0.4) is 0 Å². The Balaban J connectivity index is 2.11. The fraction of sp³-hybridized carbons (Fsp3) is 0.333. The minimum absolute atomic E-state index is 0.0699. The summed E-state index contributed by atoms with van der Waals surface area (Å²) in [5, 5.41) is 2.78. The summed E-state index contributed by atoms with van der Waals surface area (Å²) in [6, 6.07) is 1.86. The second-order valence-electron chi connectivity index (χ2n) is 3.25. The summed E-state index contributed by atoms with van der Waals surface area (Å²) < 4.78 is 1.68. The Morgan fingerprint density at radius 1 is 1.50 bits per heavy atom. The zero-order valence-electron chi connectivity index (χ0n) is 7.26. The zero-order chi connectivity index (χ0) is 10.1. The van der Waals surface area contributed by atoms with Crippen molar-refractivity contribution in [3.8, 4) is 0 Å². The van der Waals surface area contributed by atoms with Crippen molar-refractivity contribution in [3.05, 3.63) is 21.2 Å². The maximum Gasteiger partial charge on any atom is 0.228 e. The lowest BCUT2D eigenvalue weighted by Crippen LogP contribution is -2.14. The number of aromatic nitrogens is 1. The molecule has 5 heteroatoms. The van der Waals surface area contributed by atoms with Crippen molar-refractivity contribution in [3.63, 3.8) is 0 Å². The van der Waals surface area contributed by atoms with E-state index >= 15 is 0 Å². The molecule has 0 unspecified atom stereocenters. The Bertz CT molecular complexity index is 377. The standard InChI is InChI=1S/C9H8Br2N2O/c10-6-3-7(11)8(12-4-6)13-9(14)5-1-2-5/h3-5H,1-2H2,(H,12,13,14). The number of carbonyl (C=O) groups is 1. The Labute approximate surface area is 98.6 Å². The molecule has 0 saturated heterocycles. The molecule has 2 rings (SSSR count). The molecule has 1 aromatic heterocycles. The smallest absolute Gasteiger partial charge is 0.228 e. The summed E-state index contributed by atoms with van der Waals surface area (Å²) in [6.45, 7) is 0. The SMILES string of the molecule is O=C(Nc1ncc(Br)cc1Br)C1CC1.